The van der Waals surface area contributed by atoms with E-state index in [1.54, 1.807) is 34.9 Å². The van der Waals surface area contributed by atoms with Gasteiger partial charge in [-0.3, -0.25) is 14.3 Å². The molecular weight excluding hydrogens is 443 g/mol. The van der Waals surface area contributed by atoms with Gasteiger partial charge in [0, 0.05) is 17.7 Å². The maximum Gasteiger partial charge on any atom is 0.416 e. The highest BCUT2D eigenvalue weighted by Crippen LogP contribution is 2.34. The van der Waals surface area contributed by atoms with Crippen molar-refractivity contribution in [1.29, 1.82) is 0 Å². The van der Waals surface area contributed by atoms with Gasteiger partial charge in [-0.1, -0.05) is 30.3 Å². The highest BCUT2D eigenvalue weighted by molar-refractivity contribution is 6.11. The first-order chi connectivity index (χ1) is 16.1. The molecule has 2 aromatic carbocycles. The zero-order valence-electron chi connectivity index (χ0n) is 19.5. The number of carbonyl (C=O) groups is 1. The van der Waals surface area contributed by atoms with E-state index in [1.165, 1.54) is 18.9 Å². The van der Waals surface area contributed by atoms with Crippen molar-refractivity contribution in [2.75, 3.05) is 27.7 Å². The summed E-state index contributed by atoms with van der Waals surface area (Å²) in [6.45, 7) is 1.65. The molecule has 0 amide bonds. The minimum atomic E-state index is -4.55. The monoisotopic (exact) mass is 471 g/mol. The third-order valence-electron chi connectivity index (χ3n) is 5.78. The van der Waals surface area contributed by atoms with Crippen molar-refractivity contribution in [1.82, 2.24) is 24.6 Å². The predicted molar refractivity (Wildman–Crippen MR) is 123 cm³/mol. The second kappa shape index (κ2) is 9.68. The molecule has 0 bridgehead atoms. The van der Waals surface area contributed by atoms with Gasteiger partial charge < -0.3 is 4.90 Å². The minimum absolute atomic E-state index is 0.139. The lowest BCUT2D eigenvalue weighted by molar-refractivity contribution is -0.137. The maximum atomic E-state index is 13.7. The Morgan fingerprint density at radius 2 is 1.65 bits per heavy atom. The highest BCUT2D eigenvalue weighted by atomic mass is 19.4. The molecule has 1 fully saturated rings. The predicted octanol–water partition coefficient (Wildman–Crippen LogP) is 4.42. The summed E-state index contributed by atoms with van der Waals surface area (Å²) in [5.41, 5.74) is -0.113. The number of hydrogen-bond acceptors (Lipinski definition) is 5. The molecule has 1 saturated carbocycles. The van der Waals surface area contributed by atoms with Crippen LogP contribution in [0.25, 0.3) is 5.69 Å². The number of aromatic nitrogens is 3. The Morgan fingerprint density at radius 1 is 1.00 bits per heavy atom. The molecule has 34 heavy (non-hydrogen) atoms. The first-order valence-electron chi connectivity index (χ1n) is 11.2. The lowest BCUT2D eigenvalue weighted by Crippen LogP contribution is -2.24. The molecule has 1 aliphatic rings. The molecule has 0 radical (unpaired) electrons. The smallest absolute Gasteiger partial charge is 0.302 e. The van der Waals surface area contributed by atoms with E-state index >= 15 is 0 Å². The summed E-state index contributed by atoms with van der Waals surface area (Å²) in [4.78, 5) is 17.4. The molecule has 0 atom stereocenters. The zero-order valence-corrected chi connectivity index (χ0v) is 19.5. The topological polar surface area (TPSA) is 54.3 Å². The lowest BCUT2D eigenvalue weighted by atomic mass is 9.99. The molecule has 3 aromatic rings. The maximum absolute atomic E-state index is 13.7. The SMILES string of the molecule is CN(C)Cc1nnc(CN(C)CC2CC2)n1-c1cc(C(F)(F)F)ccc1C(=O)c1ccccc1. The first kappa shape index (κ1) is 24.1. The van der Waals surface area contributed by atoms with E-state index in [1.807, 2.05) is 26.0 Å². The van der Waals surface area contributed by atoms with E-state index in [0.29, 0.717) is 36.2 Å². The van der Waals surface area contributed by atoms with Crippen LogP contribution in [-0.4, -0.2) is 58.0 Å². The van der Waals surface area contributed by atoms with Crippen LogP contribution in [0.1, 0.15) is 46.0 Å². The summed E-state index contributed by atoms with van der Waals surface area (Å²) in [7, 11) is 5.66. The Labute approximate surface area is 197 Å². The first-order valence-corrected chi connectivity index (χ1v) is 11.2. The summed E-state index contributed by atoms with van der Waals surface area (Å²) in [6, 6.07) is 11.8. The Kier molecular flexibility index (Phi) is 6.86. The van der Waals surface area contributed by atoms with Gasteiger partial charge in [-0.05, 0) is 58.1 Å². The summed E-state index contributed by atoms with van der Waals surface area (Å²) < 4.78 is 42.7. The van der Waals surface area contributed by atoms with Crippen LogP contribution in [0.5, 0.6) is 0 Å². The van der Waals surface area contributed by atoms with E-state index in [9.17, 15) is 18.0 Å². The van der Waals surface area contributed by atoms with Gasteiger partial charge in [0.2, 0.25) is 0 Å². The van der Waals surface area contributed by atoms with E-state index in [0.717, 1.165) is 18.7 Å². The van der Waals surface area contributed by atoms with E-state index < -0.39 is 11.7 Å². The van der Waals surface area contributed by atoms with Crippen LogP contribution in [0.4, 0.5) is 13.2 Å². The molecule has 6 nitrogen and oxygen atoms in total. The molecule has 0 saturated heterocycles. The average Bonchev–Trinajstić information content (AvgIpc) is 3.52. The van der Waals surface area contributed by atoms with Crippen molar-refractivity contribution in [3.63, 3.8) is 0 Å². The van der Waals surface area contributed by atoms with E-state index in [-0.39, 0.29) is 17.0 Å². The second-order valence-electron chi connectivity index (χ2n) is 9.17. The summed E-state index contributed by atoms with van der Waals surface area (Å²) in [6.07, 6.45) is -2.18. The van der Waals surface area contributed by atoms with Gasteiger partial charge in [-0.2, -0.15) is 13.2 Å². The van der Waals surface area contributed by atoms with Crippen molar-refractivity contribution in [3.05, 3.63) is 76.9 Å². The van der Waals surface area contributed by atoms with Crippen LogP contribution in [-0.2, 0) is 19.3 Å². The number of carbonyl (C=O) groups excluding carboxylic acids is 1. The number of hydrogen-bond donors (Lipinski definition) is 0. The highest BCUT2D eigenvalue weighted by Gasteiger charge is 2.33. The van der Waals surface area contributed by atoms with Crippen molar-refractivity contribution in [3.8, 4) is 5.69 Å². The molecule has 0 unspecified atom stereocenters. The fourth-order valence-electron chi connectivity index (χ4n) is 4.00. The van der Waals surface area contributed by atoms with Crippen LogP contribution in [0.2, 0.25) is 0 Å². The minimum Gasteiger partial charge on any atom is -0.302 e. The largest absolute Gasteiger partial charge is 0.416 e. The lowest BCUT2D eigenvalue weighted by Gasteiger charge is -2.20. The second-order valence-corrected chi connectivity index (χ2v) is 9.17. The molecule has 0 aliphatic heterocycles. The number of alkyl halides is 3. The fourth-order valence-corrected chi connectivity index (χ4v) is 4.00. The molecule has 1 aliphatic carbocycles. The van der Waals surface area contributed by atoms with Gasteiger partial charge in [-0.25, -0.2) is 0 Å². The van der Waals surface area contributed by atoms with Crippen LogP contribution in [0.3, 0.4) is 0 Å². The molecule has 0 spiro atoms. The molecular formula is C25H28F3N5O. The Bertz CT molecular complexity index is 1150. The number of benzene rings is 2. The van der Waals surface area contributed by atoms with Crippen LogP contribution >= 0.6 is 0 Å². The van der Waals surface area contributed by atoms with Crippen molar-refractivity contribution >= 4 is 5.78 Å². The fraction of sp³-hybridized carbons (Fsp3) is 0.400. The average molecular weight is 472 g/mol. The zero-order chi connectivity index (χ0) is 24.5. The quantitative estimate of drug-likeness (QED) is 0.433. The third-order valence-corrected chi connectivity index (χ3v) is 5.78. The summed E-state index contributed by atoms with van der Waals surface area (Å²) >= 11 is 0. The van der Waals surface area contributed by atoms with Gasteiger partial charge in [-0.15, -0.1) is 10.2 Å². The normalized spacial score (nSPS) is 14.2. The molecule has 180 valence electrons. The van der Waals surface area contributed by atoms with Crippen molar-refractivity contribution in [2.45, 2.75) is 32.1 Å². The summed E-state index contributed by atoms with van der Waals surface area (Å²) in [5.74, 6) is 1.26. The number of halogens is 3. The molecule has 1 heterocycles. The van der Waals surface area contributed by atoms with Gasteiger partial charge in [0.25, 0.3) is 0 Å². The Morgan fingerprint density at radius 3 is 2.24 bits per heavy atom. The third kappa shape index (κ3) is 5.53. The number of ketones is 1. The van der Waals surface area contributed by atoms with Gasteiger partial charge in [0.05, 0.1) is 24.3 Å². The van der Waals surface area contributed by atoms with E-state index in [2.05, 4.69) is 15.1 Å². The van der Waals surface area contributed by atoms with Gasteiger partial charge in [0.15, 0.2) is 17.4 Å². The number of nitrogens with zero attached hydrogens (tertiary/aromatic N) is 5. The molecule has 0 N–H and O–H groups in total. The number of rotatable bonds is 9. The van der Waals surface area contributed by atoms with Crippen LogP contribution in [0.15, 0.2) is 48.5 Å². The van der Waals surface area contributed by atoms with E-state index in [4.69, 9.17) is 0 Å². The molecule has 9 heteroatoms. The Hall–Kier alpha value is -3.04. The van der Waals surface area contributed by atoms with Crippen LogP contribution in [0, 0.1) is 5.92 Å². The molecule has 4 rings (SSSR count). The Balaban J connectivity index is 1.86. The van der Waals surface area contributed by atoms with Crippen molar-refractivity contribution < 1.29 is 18.0 Å². The van der Waals surface area contributed by atoms with Gasteiger partial charge >= 0.3 is 6.18 Å². The van der Waals surface area contributed by atoms with Crippen molar-refractivity contribution in [2.24, 2.45) is 5.92 Å². The van der Waals surface area contributed by atoms with Gasteiger partial charge in [0.1, 0.15) is 0 Å². The molecule has 1 aromatic heterocycles. The standard InChI is InChI=1S/C25H28F3N5O/c1-31(2)15-22-29-30-23(16-32(3)14-17-9-10-17)33(22)21-13-19(25(26,27)28)11-12-20(21)24(34)18-7-5-4-6-8-18/h4-8,11-13,17H,9-10,14-16H2,1-3H3. The summed E-state index contributed by atoms with van der Waals surface area (Å²) in [5, 5.41) is 8.63. The van der Waals surface area contributed by atoms with Crippen LogP contribution < -0.4 is 0 Å².